The Labute approximate surface area is 137 Å². The monoisotopic (exact) mass is 304 g/mol. The highest BCUT2D eigenvalue weighted by Gasteiger charge is 2.27. The number of allylic oxidation sites excluding steroid dienone is 2. The van der Waals surface area contributed by atoms with E-state index >= 15 is 0 Å². The molecular formula is C21H33F. The maximum atomic E-state index is 13.7. The van der Waals surface area contributed by atoms with Crippen molar-refractivity contribution in [1.29, 1.82) is 0 Å². The Bertz CT molecular complexity index is 527. The molecule has 1 aromatic carbocycles. The van der Waals surface area contributed by atoms with Crippen LogP contribution in [0.2, 0.25) is 0 Å². The van der Waals surface area contributed by atoms with Crippen LogP contribution in [-0.2, 0) is 0 Å². The fraction of sp³-hybridized carbons (Fsp3) is 0.619. The molecule has 1 fully saturated rings. The first kappa shape index (κ1) is 17.2. The maximum Gasteiger partial charge on any atom is 0.126 e. The molecule has 2 aliphatic carbocycles. The maximum absolute atomic E-state index is 13.7. The van der Waals surface area contributed by atoms with Crippen LogP contribution in [0.4, 0.5) is 4.39 Å². The summed E-state index contributed by atoms with van der Waals surface area (Å²) in [6, 6.07) is 5.69. The van der Waals surface area contributed by atoms with E-state index in [1.807, 2.05) is 13.0 Å². The first-order valence-corrected chi connectivity index (χ1v) is 8.59. The van der Waals surface area contributed by atoms with Gasteiger partial charge in [-0.05, 0) is 79.5 Å². The van der Waals surface area contributed by atoms with Crippen molar-refractivity contribution >= 4 is 5.57 Å². The largest absolute Gasteiger partial charge is 0.207 e. The summed E-state index contributed by atoms with van der Waals surface area (Å²) >= 11 is 0. The Kier molecular flexibility index (Phi) is 5.83. The summed E-state index contributed by atoms with van der Waals surface area (Å²) in [4.78, 5) is 0. The third kappa shape index (κ3) is 3.80. The molecule has 0 N–H and O–H groups in total. The summed E-state index contributed by atoms with van der Waals surface area (Å²) in [5.41, 5.74) is 3.19. The Balaban J connectivity index is 0.00000132. The second-order valence-electron chi connectivity index (χ2n) is 7.25. The quantitative estimate of drug-likeness (QED) is 0.550. The van der Waals surface area contributed by atoms with Crippen LogP contribution >= 0.6 is 0 Å². The number of hydrogen-bond donors (Lipinski definition) is 0. The van der Waals surface area contributed by atoms with E-state index in [0.29, 0.717) is 0 Å². The van der Waals surface area contributed by atoms with Gasteiger partial charge in [-0.2, -0.15) is 0 Å². The van der Waals surface area contributed by atoms with Crippen LogP contribution in [0.15, 0.2) is 24.3 Å². The highest BCUT2D eigenvalue weighted by Crippen LogP contribution is 2.41. The van der Waals surface area contributed by atoms with Crippen molar-refractivity contribution in [3.63, 3.8) is 0 Å². The van der Waals surface area contributed by atoms with Crippen LogP contribution in [0.1, 0.15) is 71.8 Å². The molecule has 0 heterocycles. The van der Waals surface area contributed by atoms with Gasteiger partial charge >= 0.3 is 0 Å². The standard InChI is InChI=1S/C20H27F.CH4.H2/c1-14-3-6-16(7-4-14)17-9-11-18(12-10-17)19-8-5-15(2)20(21)13-19;;/h5,8,11,13-14,16-17H,3-4,6-7,9-10,12H2,1-2H3;1H4;1H. The molecule has 3 rings (SSSR count). The first-order chi connectivity index (χ1) is 10.1. The van der Waals surface area contributed by atoms with E-state index in [4.69, 9.17) is 0 Å². The van der Waals surface area contributed by atoms with Crippen LogP contribution in [0.25, 0.3) is 5.57 Å². The summed E-state index contributed by atoms with van der Waals surface area (Å²) in [6.07, 6.45) is 11.7. The van der Waals surface area contributed by atoms with E-state index in [1.54, 1.807) is 6.07 Å². The molecule has 1 heteroatoms. The Morgan fingerprint density at radius 1 is 1.05 bits per heavy atom. The van der Waals surface area contributed by atoms with Crippen molar-refractivity contribution in [2.24, 2.45) is 17.8 Å². The zero-order valence-electron chi connectivity index (χ0n) is 13.4. The van der Waals surface area contributed by atoms with Gasteiger partial charge in [-0.25, -0.2) is 4.39 Å². The predicted octanol–water partition coefficient (Wildman–Crippen LogP) is 7.03. The molecule has 0 amide bonds. The second kappa shape index (κ2) is 7.44. The number of hydrogen-bond acceptors (Lipinski definition) is 0. The summed E-state index contributed by atoms with van der Waals surface area (Å²) in [5.74, 6) is 2.67. The zero-order chi connectivity index (χ0) is 14.8. The lowest BCUT2D eigenvalue weighted by Gasteiger charge is -2.34. The van der Waals surface area contributed by atoms with Gasteiger partial charge in [0.2, 0.25) is 0 Å². The van der Waals surface area contributed by atoms with E-state index in [9.17, 15) is 4.39 Å². The molecule has 0 nitrogen and oxygen atoms in total. The van der Waals surface area contributed by atoms with Crippen LogP contribution in [0.3, 0.4) is 0 Å². The third-order valence-electron chi connectivity index (χ3n) is 5.72. The van der Waals surface area contributed by atoms with Crippen LogP contribution < -0.4 is 0 Å². The van der Waals surface area contributed by atoms with Gasteiger partial charge in [0.1, 0.15) is 5.82 Å². The zero-order valence-corrected chi connectivity index (χ0v) is 13.4. The number of rotatable bonds is 2. The molecule has 0 aromatic heterocycles. The summed E-state index contributed by atoms with van der Waals surface area (Å²) in [7, 11) is 0. The molecule has 124 valence electrons. The Morgan fingerprint density at radius 3 is 2.36 bits per heavy atom. The lowest BCUT2D eigenvalue weighted by molar-refractivity contribution is 0.202. The molecule has 0 radical (unpaired) electrons. The lowest BCUT2D eigenvalue weighted by atomic mass is 9.71. The van der Waals surface area contributed by atoms with E-state index in [2.05, 4.69) is 19.1 Å². The average Bonchev–Trinajstić information content (AvgIpc) is 2.51. The van der Waals surface area contributed by atoms with Gasteiger partial charge in [-0.1, -0.05) is 45.4 Å². The SMILES string of the molecule is C.Cc1ccc(C2=CCC(C3CCC(C)CC3)CC2)cc1F.[HH]. The van der Waals surface area contributed by atoms with Crippen LogP contribution in [0, 0.1) is 30.5 Å². The number of aryl methyl sites for hydroxylation is 1. The van der Waals surface area contributed by atoms with Crippen LogP contribution in [-0.4, -0.2) is 0 Å². The summed E-state index contributed by atoms with van der Waals surface area (Å²) in [5, 5.41) is 0. The molecule has 1 aromatic rings. The van der Waals surface area contributed by atoms with Gasteiger partial charge in [0, 0.05) is 1.43 Å². The van der Waals surface area contributed by atoms with Crippen molar-refractivity contribution in [3.8, 4) is 0 Å². The molecule has 1 saturated carbocycles. The Morgan fingerprint density at radius 2 is 1.77 bits per heavy atom. The molecular weight excluding hydrogens is 271 g/mol. The van der Waals surface area contributed by atoms with E-state index in [0.717, 1.165) is 35.3 Å². The highest BCUT2D eigenvalue weighted by molar-refractivity contribution is 5.66. The van der Waals surface area contributed by atoms with Gasteiger partial charge in [0.25, 0.3) is 0 Å². The number of halogens is 1. The van der Waals surface area contributed by atoms with Gasteiger partial charge in [0.15, 0.2) is 0 Å². The van der Waals surface area contributed by atoms with E-state index in [-0.39, 0.29) is 14.7 Å². The van der Waals surface area contributed by atoms with Crippen LogP contribution in [0.5, 0.6) is 0 Å². The van der Waals surface area contributed by atoms with E-state index in [1.165, 1.54) is 44.1 Å². The van der Waals surface area contributed by atoms with Crippen molar-refractivity contribution in [3.05, 3.63) is 41.2 Å². The second-order valence-corrected chi connectivity index (χ2v) is 7.25. The highest BCUT2D eigenvalue weighted by atomic mass is 19.1. The molecule has 0 bridgehead atoms. The van der Waals surface area contributed by atoms with Crippen molar-refractivity contribution in [2.75, 3.05) is 0 Å². The molecule has 0 aliphatic heterocycles. The minimum absolute atomic E-state index is 0. The molecule has 2 aliphatic rings. The fourth-order valence-electron chi connectivity index (χ4n) is 4.09. The van der Waals surface area contributed by atoms with Gasteiger partial charge in [-0.3, -0.25) is 0 Å². The topological polar surface area (TPSA) is 0 Å². The minimum Gasteiger partial charge on any atom is -0.207 e. The molecule has 0 saturated heterocycles. The smallest absolute Gasteiger partial charge is 0.126 e. The first-order valence-electron chi connectivity index (χ1n) is 8.59. The molecule has 1 unspecified atom stereocenters. The third-order valence-corrected chi connectivity index (χ3v) is 5.72. The van der Waals surface area contributed by atoms with Gasteiger partial charge < -0.3 is 0 Å². The van der Waals surface area contributed by atoms with Crippen molar-refractivity contribution in [1.82, 2.24) is 0 Å². The summed E-state index contributed by atoms with van der Waals surface area (Å²) < 4.78 is 13.7. The fourth-order valence-corrected chi connectivity index (χ4v) is 4.09. The molecule has 1 atom stereocenters. The normalized spacial score (nSPS) is 28.7. The van der Waals surface area contributed by atoms with Crippen molar-refractivity contribution in [2.45, 2.75) is 66.2 Å². The van der Waals surface area contributed by atoms with Gasteiger partial charge in [-0.15, -0.1) is 0 Å². The predicted molar refractivity (Wildman–Crippen MR) is 96.4 cm³/mol. The lowest BCUT2D eigenvalue weighted by Crippen LogP contribution is -2.22. The molecule has 0 spiro atoms. The number of benzene rings is 1. The summed E-state index contributed by atoms with van der Waals surface area (Å²) in [6.45, 7) is 4.22. The average molecular weight is 304 g/mol. The van der Waals surface area contributed by atoms with Gasteiger partial charge in [0.05, 0.1) is 0 Å². The van der Waals surface area contributed by atoms with Crippen molar-refractivity contribution < 1.29 is 5.82 Å². The Hall–Kier alpha value is -1.11. The molecule has 22 heavy (non-hydrogen) atoms. The van der Waals surface area contributed by atoms with E-state index < -0.39 is 0 Å². The minimum atomic E-state index is -0.0724.